The van der Waals surface area contributed by atoms with Gasteiger partial charge in [-0.05, 0) is 31.5 Å². The molecule has 80 valence electrons. The number of benzene rings is 1. The lowest BCUT2D eigenvalue weighted by molar-refractivity contribution is 0.614. The topological polar surface area (TPSA) is 40.7 Å². The lowest BCUT2D eigenvalue weighted by Crippen LogP contribution is -2.13. The second kappa shape index (κ2) is 4.21. The van der Waals surface area contributed by atoms with E-state index in [1.165, 1.54) is 12.8 Å². The van der Waals surface area contributed by atoms with Crippen molar-refractivity contribution in [2.45, 2.75) is 18.9 Å². The van der Waals surface area contributed by atoms with Gasteiger partial charge in [-0.2, -0.15) is 0 Å². The normalized spacial score (nSPS) is 20.4. The monoisotopic (exact) mass is 223 g/mol. The third kappa shape index (κ3) is 1.85. The van der Waals surface area contributed by atoms with Gasteiger partial charge in [0.1, 0.15) is 5.82 Å². The molecule has 0 aliphatic carbocycles. The Bertz CT molecular complexity index is 413. The van der Waals surface area contributed by atoms with Crippen LogP contribution in [0.25, 0.3) is 11.0 Å². The molecule has 2 heterocycles. The first kappa shape index (κ1) is 10.5. The summed E-state index contributed by atoms with van der Waals surface area (Å²) >= 11 is 0. The van der Waals surface area contributed by atoms with E-state index < -0.39 is 0 Å². The Kier molecular flexibility index (Phi) is 2.93. The van der Waals surface area contributed by atoms with Crippen LogP contribution in [0.4, 0.5) is 0 Å². The molecule has 3 rings (SSSR count). The Hall–Kier alpha value is -1.06. The van der Waals surface area contributed by atoms with Crippen molar-refractivity contribution in [3.63, 3.8) is 0 Å². The van der Waals surface area contributed by atoms with E-state index >= 15 is 0 Å². The summed E-state index contributed by atoms with van der Waals surface area (Å²) in [7, 11) is 0. The van der Waals surface area contributed by atoms with Crippen molar-refractivity contribution in [1.29, 1.82) is 0 Å². The molecular weight excluding hydrogens is 210 g/mol. The zero-order valence-corrected chi connectivity index (χ0v) is 9.18. The summed E-state index contributed by atoms with van der Waals surface area (Å²) < 4.78 is 0. The number of imidazole rings is 1. The smallest absolute Gasteiger partial charge is 0.124 e. The molecule has 0 radical (unpaired) electrons. The maximum absolute atomic E-state index is 4.58. The average Bonchev–Trinajstić information content (AvgIpc) is 2.86. The van der Waals surface area contributed by atoms with Gasteiger partial charge in [-0.1, -0.05) is 12.1 Å². The van der Waals surface area contributed by atoms with Crippen molar-refractivity contribution in [2.75, 3.05) is 6.54 Å². The van der Waals surface area contributed by atoms with Gasteiger partial charge in [0, 0.05) is 0 Å². The predicted octanol–water partition coefficient (Wildman–Crippen LogP) is 2.41. The number of aromatic amines is 1. The van der Waals surface area contributed by atoms with Crippen molar-refractivity contribution in [3.8, 4) is 0 Å². The Morgan fingerprint density at radius 1 is 1.27 bits per heavy atom. The molecule has 2 aromatic rings. The Morgan fingerprint density at radius 3 is 2.87 bits per heavy atom. The second-order valence-corrected chi connectivity index (χ2v) is 3.79. The van der Waals surface area contributed by atoms with Crippen LogP contribution in [0.5, 0.6) is 0 Å². The maximum Gasteiger partial charge on any atom is 0.124 e. The molecule has 3 nitrogen and oxygen atoms in total. The highest BCUT2D eigenvalue weighted by molar-refractivity contribution is 5.85. The summed E-state index contributed by atoms with van der Waals surface area (Å²) in [6.07, 6.45) is 2.45. The van der Waals surface area contributed by atoms with Gasteiger partial charge in [-0.25, -0.2) is 4.98 Å². The fraction of sp³-hybridized carbons (Fsp3) is 0.364. The first-order chi connectivity index (χ1) is 6.93. The third-order valence-electron chi connectivity index (χ3n) is 2.80. The molecule has 15 heavy (non-hydrogen) atoms. The molecule has 0 unspecified atom stereocenters. The van der Waals surface area contributed by atoms with Gasteiger partial charge in [0.15, 0.2) is 0 Å². The van der Waals surface area contributed by atoms with E-state index in [0.717, 1.165) is 23.4 Å². The lowest BCUT2D eigenvalue weighted by atomic mass is 10.2. The van der Waals surface area contributed by atoms with Gasteiger partial charge in [0.25, 0.3) is 0 Å². The number of para-hydroxylation sites is 2. The van der Waals surface area contributed by atoms with Crippen LogP contribution in [-0.2, 0) is 0 Å². The van der Waals surface area contributed by atoms with Crippen LogP contribution >= 0.6 is 12.4 Å². The molecule has 1 atom stereocenters. The van der Waals surface area contributed by atoms with Crippen LogP contribution in [0.1, 0.15) is 24.7 Å². The first-order valence-electron chi connectivity index (χ1n) is 5.11. The van der Waals surface area contributed by atoms with E-state index in [9.17, 15) is 0 Å². The summed E-state index contributed by atoms with van der Waals surface area (Å²) in [6.45, 7) is 1.11. The van der Waals surface area contributed by atoms with Gasteiger partial charge < -0.3 is 10.3 Å². The van der Waals surface area contributed by atoms with Crippen molar-refractivity contribution >= 4 is 23.4 Å². The Morgan fingerprint density at radius 2 is 2.13 bits per heavy atom. The largest absolute Gasteiger partial charge is 0.341 e. The van der Waals surface area contributed by atoms with Crippen molar-refractivity contribution < 1.29 is 0 Å². The third-order valence-corrected chi connectivity index (χ3v) is 2.80. The number of aromatic nitrogens is 2. The van der Waals surface area contributed by atoms with Gasteiger partial charge in [0.2, 0.25) is 0 Å². The zero-order chi connectivity index (χ0) is 9.38. The average molecular weight is 224 g/mol. The number of hydrogen-bond donors (Lipinski definition) is 2. The van der Waals surface area contributed by atoms with Crippen molar-refractivity contribution in [3.05, 3.63) is 30.1 Å². The van der Waals surface area contributed by atoms with E-state index in [1.54, 1.807) is 0 Å². The minimum Gasteiger partial charge on any atom is -0.341 e. The van der Waals surface area contributed by atoms with Gasteiger partial charge in [-0.15, -0.1) is 12.4 Å². The van der Waals surface area contributed by atoms with Gasteiger partial charge in [0.05, 0.1) is 17.1 Å². The fourth-order valence-corrected chi connectivity index (χ4v) is 2.06. The van der Waals surface area contributed by atoms with E-state index in [1.807, 2.05) is 18.2 Å². The molecule has 1 aliphatic rings. The minimum atomic E-state index is 0. The van der Waals surface area contributed by atoms with Crippen LogP contribution in [0.15, 0.2) is 24.3 Å². The summed E-state index contributed by atoms with van der Waals surface area (Å²) in [5.74, 6) is 1.09. The summed E-state index contributed by atoms with van der Waals surface area (Å²) in [5, 5.41) is 3.44. The number of H-pyrrole nitrogens is 1. The predicted molar refractivity (Wildman–Crippen MR) is 63.3 cm³/mol. The molecular formula is C11H14ClN3. The standard InChI is InChI=1S/C11H13N3.ClH/c1-2-5-9-8(4-1)13-11(14-9)10-6-3-7-12-10;/h1-2,4-5,10,12H,3,6-7H2,(H,13,14);1H/t10-;/m1./s1. The molecule has 4 heteroatoms. The van der Waals surface area contributed by atoms with Gasteiger partial charge >= 0.3 is 0 Å². The van der Waals surface area contributed by atoms with Crippen LogP contribution < -0.4 is 5.32 Å². The van der Waals surface area contributed by atoms with Crippen molar-refractivity contribution in [2.24, 2.45) is 0 Å². The second-order valence-electron chi connectivity index (χ2n) is 3.79. The number of nitrogens with zero attached hydrogens (tertiary/aromatic N) is 1. The highest BCUT2D eigenvalue weighted by atomic mass is 35.5. The fourth-order valence-electron chi connectivity index (χ4n) is 2.06. The first-order valence-corrected chi connectivity index (χ1v) is 5.11. The molecule has 0 saturated carbocycles. The molecule has 1 aromatic heterocycles. The number of rotatable bonds is 1. The number of fused-ring (bicyclic) bond motifs is 1. The molecule has 1 aromatic carbocycles. The number of hydrogen-bond acceptors (Lipinski definition) is 2. The number of halogens is 1. The van der Waals surface area contributed by atoms with Crippen LogP contribution in [0.3, 0.4) is 0 Å². The highest BCUT2D eigenvalue weighted by Crippen LogP contribution is 2.22. The van der Waals surface area contributed by atoms with E-state index in [-0.39, 0.29) is 12.4 Å². The van der Waals surface area contributed by atoms with Crippen LogP contribution in [-0.4, -0.2) is 16.5 Å². The summed E-state index contributed by atoms with van der Waals surface area (Å²) in [6, 6.07) is 8.61. The van der Waals surface area contributed by atoms with Crippen LogP contribution in [0, 0.1) is 0 Å². The van der Waals surface area contributed by atoms with Crippen LogP contribution in [0.2, 0.25) is 0 Å². The molecule has 2 N–H and O–H groups in total. The lowest BCUT2D eigenvalue weighted by Gasteiger charge is -2.04. The zero-order valence-electron chi connectivity index (χ0n) is 8.36. The van der Waals surface area contributed by atoms with E-state index in [2.05, 4.69) is 21.4 Å². The molecule has 1 saturated heterocycles. The number of nitrogens with one attached hydrogen (secondary N) is 2. The summed E-state index contributed by atoms with van der Waals surface area (Å²) in [5.41, 5.74) is 2.20. The van der Waals surface area contributed by atoms with E-state index in [4.69, 9.17) is 0 Å². The maximum atomic E-state index is 4.58. The molecule has 0 amide bonds. The SMILES string of the molecule is Cl.c1ccc2[nH]c([C@H]3CCCN3)nc2c1. The summed E-state index contributed by atoms with van der Waals surface area (Å²) in [4.78, 5) is 7.94. The van der Waals surface area contributed by atoms with Crippen molar-refractivity contribution in [1.82, 2.24) is 15.3 Å². The molecule has 1 fully saturated rings. The van der Waals surface area contributed by atoms with Gasteiger partial charge in [-0.3, -0.25) is 0 Å². The quantitative estimate of drug-likeness (QED) is 0.780. The minimum absolute atomic E-state index is 0. The molecule has 1 aliphatic heterocycles. The Balaban J connectivity index is 0.000000853. The highest BCUT2D eigenvalue weighted by Gasteiger charge is 2.18. The molecule has 0 spiro atoms. The molecule has 0 bridgehead atoms. The van der Waals surface area contributed by atoms with E-state index in [0.29, 0.717) is 6.04 Å². The Labute approximate surface area is 94.7 Å².